The van der Waals surface area contributed by atoms with E-state index in [1.54, 1.807) is 6.07 Å². The number of aromatic nitrogens is 3. The second kappa shape index (κ2) is 4.61. The molecule has 0 N–H and O–H groups in total. The fraction of sp³-hybridized carbons (Fsp3) is 0.100. The third kappa shape index (κ3) is 2.41. The lowest BCUT2D eigenvalue weighted by Crippen LogP contribution is -2.08. The molecule has 10 heteroatoms. The predicted octanol–water partition coefficient (Wildman–Crippen LogP) is 2.07. The number of hydrogen-bond acceptors (Lipinski definition) is 5. The van der Waals surface area contributed by atoms with Gasteiger partial charge in [-0.2, -0.15) is 18.4 Å². The Morgan fingerprint density at radius 2 is 2.10 bits per heavy atom. The number of halogens is 3. The number of nitriles is 1. The largest absolute Gasteiger partial charge is 0.416 e. The molecule has 0 fully saturated rings. The van der Waals surface area contributed by atoms with Crippen molar-refractivity contribution in [3.63, 3.8) is 0 Å². The third-order valence-electron chi connectivity index (χ3n) is 2.34. The van der Waals surface area contributed by atoms with E-state index in [0.29, 0.717) is 12.1 Å². The van der Waals surface area contributed by atoms with Crippen LogP contribution in [0.1, 0.15) is 11.4 Å². The number of rotatable bonds is 2. The molecule has 0 aliphatic heterocycles. The van der Waals surface area contributed by atoms with Gasteiger partial charge in [0.05, 0.1) is 10.5 Å². The average molecular weight is 283 g/mol. The van der Waals surface area contributed by atoms with Crippen molar-refractivity contribution in [2.24, 2.45) is 0 Å². The maximum Gasteiger partial charge on any atom is 0.416 e. The molecule has 1 aromatic heterocycles. The average Bonchev–Trinajstić information content (AvgIpc) is 2.85. The molecule has 2 aromatic rings. The maximum atomic E-state index is 12.5. The molecular formula is C10H4F3N5O2. The molecule has 0 bridgehead atoms. The molecule has 0 spiro atoms. The Morgan fingerprint density at radius 1 is 1.40 bits per heavy atom. The predicted molar refractivity (Wildman–Crippen MR) is 57.7 cm³/mol. The Kier molecular flexibility index (Phi) is 3.11. The zero-order valence-electron chi connectivity index (χ0n) is 9.50. The summed E-state index contributed by atoms with van der Waals surface area (Å²) < 4.78 is 38.4. The van der Waals surface area contributed by atoms with Gasteiger partial charge in [0.1, 0.15) is 18.1 Å². The Bertz CT molecular complexity index is 716. The standard InChI is InChI=1S/C10H4F3N5O2/c11-10(12,13)6-1-2-7(8(3-6)18(19)20)17-5-15-9(4-14)16-17/h1-3,5H. The molecule has 0 amide bonds. The van der Waals surface area contributed by atoms with Gasteiger partial charge in [0, 0.05) is 6.07 Å². The summed E-state index contributed by atoms with van der Waals surface area (Å²) in [6.45, 7) is 0. The Hall–Kier alpha value is -2.96. The lowest BCUT2D eigenvalue weighted by molar-refractivity contribution is -0.384. The summed E-state index contributed by atoms with van der Waals surface area (Å²) in [5.41, 5.74) is -2.14. The summed E-state index contributed by atoms with van der Waals surface area (Å²) in [6, 6.07) is 3.60. The summed E-state index contributed by atoms with van der Waals surface area (Å²) in [6.07, 6.45) is -3.68. The van der Waals surface area contributed by atoms with Crippen LogP contribution in [0.5, 0.6) is 0 Å². The second-order valence-electron chi connectivity index (χ2n) is 3.58. The molecule has 0 atom stereocenters. The molecule has 0 aliphatic carbocycles. The van der Waals surface area contributed by atoms with Crippen molar-refractivity contribution in [3.05, 3.63) is 46.0 Å². The van der Waals surface area contributed by atoms with Gasteiger partial charge in [-0.3, -0.25) is 10.1 Å². The van der Waals surface area contributed by atoms with Crippen LogP contribution in [0.2, 0.25) is 0 Å². The van der Waals surface area contributed by atoms with E-state index >= 15 is 0 Å². The first-order valence-corrected chi connectivity index (χ1v) is 5.00. The summed E-state index contributed by atoms with van der Waals surface area (Å²) in [5.74, 6) is -0.251. The highest BCUT2D eigenvalue weighted by atomic mass is 19.4. The molecule has 2 rings (SSSR count). The molecule has 0 saturated carbocycles. The first-order chi connectivity index (χ1) is 9.32. The van der Waals surface area contributed by atoms with E-state index in [0.717, 1.165) is 17.1 Å². The smallest absolute Gasteiger partial charge is 0.258 e. The molecular weight excluding hydrogens is 279 g/mol. The first-order valence-electron chi connectivity index (χ1n) is 5.00. The first kappa shape index (κ1) is 13.5. The summed E-state index contributed by atoms with van der Waals surface area (Å²) >= 11 is 0. The van der Waals surface area contributed by atoms with Crippen molar-refractivity contribution in [1.29, 1.82) is 5.26 Å². The quantitative estimate of drug-likeness (QED) is 0.620. The molecule has 0 radical (unpaired) electrons. The zero-order chi connectivity index (χ0) is 14.9. The maximum absolute atomic E-state index is 12.5. The van der Waals surface area contributed by atoms with Crippen LogP contribution in [-0.4, -0.2) is 19.7 Å². The molecule has 0 unspecified atom stereocenters. The van der Waals surface area contributed by atoms with E-state index in [9.17, 15) is 23.3 Å². The van der Waals surface area contributed by atoms with Crippen molar-refractivity contribution in [2.75, 3.05) is 0 Å². The Labute approximate surface area is 109 Å². The van der Waals surface area contributed by atoms with Crippen LogP contribution in [0.25, 0.3) is 5.69 Å². The number of nitro groups is 1. The van der Waals surface area contributed by atoms with Gasteiger partial charge in [0.25, 0.3) is 11.5 Å². The highest BCUT2D eigenvalue weighted by Gasteiger charge is 2.33. The normalized spacial score (nSPS) is 11.1. The van der Waals surface area contributed by atoms with Crippen molar-refractivity contribution < 1.29 is 18.1 Å². The fourth-order valence-electron chi connectivity index (χ4n) is 1.47. The van der Waals surface area contributed by atoms with Crippen LogP contribution in [-0.2, 0) is 6.18 Å². The summed E-state index contributed by atoms with van der Waals surface area (Å²) in [4.78, 5) is 13.4. The number of nitro benzene ring substituents is 1. The molecule has 0 aliphatic rings. The van der Waals surface area contributed by atoms with E-state index in [4.69, 9.17) is 5.26 Å². The number of benzene rings is 1. The Morgan fingerprint density at radius 3 is 2.60 bits per heavy atom. The lowest BCUT2D eigenvalue weighted by Gasteiger charge is -2.08. The number of hydrogen-bond donors (Lipinski definition) is 0. The van der Waals surface area contributed by atoms with Gasteiger partial charge in [-0.05, 0) is 12.1 Å². The highest BCUT2D eigenvalue weighted by molar-refractivity contribution is 5.54. The van der Waals surface area contributed by atoms with Crippen molar-refractivity contribution in [2.45, 2.75) is 6.18 Å². The minimum absolute atomic E-state index is 0.211. The molecule has 1 heterocycles. The van der Waals surface area contributed by atoms with Crippen molar-refractivity contribution >= 4 is 5.69 Å². The highest BCUT2D eigenvalue weighted by Crippen LogP contribution is 2.33. The lowest BCUT2D eigenvalue weighted by atomic mass is 10.1. The van der Waals surface area contributed by atoms with Crippen LogP contribution in [0.15, 0.2) is 24.5 Å². The van der Waals surface area contributed by atoms with E-state index in [-0.39, 0.29) is 11.5 Å². The minimum atomic E-state index is -4.69. The molecule has 20 heavy (non-hydrogen) atoms. The number of alkyl halides is 3. The van der Waals surface area contributed by atoms with Gasteiger partial charge in [-0.15, -0.1) is 5.10 Å². The van der Waals surface area contributed by atoms with Crippen LogP contribution < -0.4 is 0 Å². The molecule has 7 nitrogen and oxygen atoms in total. The Balaban J connectivity index is 2.59. The van der Waals surface area contributed by atoms with Gasteiger partial charge in [-0.1, -0.05) is 0 Å². The second-order valence-corrected chi connectivity index (χ2v) is 3.58. The van der Waals surface area contributed by atoms with E-state index in [1.165, 1.54) is 0 Å². The van der Waals surface area contributed by atoms with Crippen molar-refractivity contribution in [1.82, 2.24) is 14.8 Å². The third-order valence-corrected chi connectivity index (χ3v) is 2.34. The SMILES string of the molecule is N#Cc1ncn(-c2ccc(C(F)(F)F)cc2[N+](=O)[O-])n1. The monoisotopic (exact) mass is 283 g/mol. The van der Waals surface area contributed by atoms with Gasteiger partial charge < -0.3 is 0 Å². The van der Waals surface area contributed by atoms with Crippen LogP contribution in [0.4, 0.5) is 18.9 Å². The van der Waals surface area contributed by atoms with Gasteiger partial charge >= 0.3 is 6.18 Å². The van der Waals surface area contributed by atoms with E-state index in [1.807, 2.05) is 0 Å². The van der Waals surface area contributed by atoms with E-state index in [2.05, 4.69) is 10.1 Å². The topological polar surface area (TPSA) is 97.6 Å². The van der Waals surface area contributed by atoms with Crippen LogP contribution >= 0.6 is 0 Å². The summed E-state index contributed by atoms with van der Waals surface area (Å²) in [7, 11) is 0. The van der Waals surface area contributed by atoms with Gasteiger partial charge in [0.15, 0.2) is 0 Å². The molecule has 102 valence electrons. The zero-order valence-corrected chi connectivity index (χ0v) is 9.50. The molecule has 1 aromatic carbocycles. The number of nitrogens with zero attached hydrogens (tertiary/aromatic N) is 5. The minimum Gasteiger partial charge on any atom is -0.258 e. The molecule has 0 saturated heterocycles. The van der Waals surface area contributed by atoms with E-state index < -0.39 is 22.4 Å². The fourth-order valence-corrected chi connectivity index (χ4v) is 1.47. The summed E-state index contributed by atoms with van der Waals surface area (Å²) in [5, 5.41) is 23.0. The van der Waals surface area contributed by atoms with Crippen LogP contribution in [0.3, 0.4) is 0 Å². The van der Waals surface area contributed by atoms with Crippen molar-refractivity contribution in [3.8, 4) is 11.8 Å². The van der Waals surface area contributed by atoms with Crippen LogP contribution in [0, 0.1) is 21.4 Å². The van der Waals surface area contributed by atoms with Gasteiger partial charge in [-0.25, -0.2) is 9.67 Å². The van der Waals surface area contributed by atoms with Gasteiger partial charge in [0.2, 0.25) is 0 Å².